The Morgan fingerprint density at radius 1 is 1.39 bits per heavy atom. The molecule has 9 nitrogen and oxygen atoms in total. The molecule has 1 fully saturated rings. The highest BCUT2D eigenvalue weighted by atomic mass is 16.4. The summed E-state index contributed by atoms with van der Waals surface area (Å²) in [7, 11) is 0. The minimum absolute atomic E-state index is 0.0249. The Labute approximate surface area is 162 Å². The van der Waals surface area contributed by atoms with Crippen LogP contribution < -0.4 is 4.90 Å². The van der Waals surface area contributed by atoms with E-state index in [2.05, 4.69) is 4.98 Å². The lowest BCUT2D eigenvalue weighted by Gasteiger charge is -2.43. The van der Waals surface area contributed by atoms with Gasteiger partial charge in [0.1, 0.15) is 5.41 Å². The highest BCUT2D eigenvalue weighted by Gasteiger charge is 2.49. The van der Waals surface area contributed by atoms with Crippen molar-refractivity contribution in [2.24, 2.45) is 5.41 Å². The summed E-state index contributed by atoms with van der Waals surface area (Å²) in [6, 6.07) is 7.67. The van der Waals surface area contributed by atoms with Crippen LogP contribution in [0.1, 0.15) is 26.2 Å². The smallest absolute Gasteiger partial charge is 0.314 e. The number of hydrogen-bond donors (Lipinski definition) is 4. The Morgan fingerprint density at radius 2 is 2.07 bits per heavy atom. The third-order valence-electron chi connectivity index (χ3n) is 5.15. The first-order chi connectivity index (χ1) is 13.4. The lowest BCUT2D eigenvalue weighted by molar-refractivity contribution is -0.158. The second-order valence-corrected chi connectivity index (χ2v) is 6.82. The van der Waals surface area contributed by atoms with Gasteiger partial charge < -0.3 is 29.9 Å². The number of nitrogens with zero attached hydrogens (tertiary/aromatic N) is 3. The number of carboxylic acids is 1. The van der Waals surface area contributed by atoms with E-state index in [0.717, 1.165) is 11.0 Å². The maximum absolute atomic E-state index is 12.0. The van der Waals surface area contributed by atoms with Crippen molar-refractivity contribution in [3.05, 3.63) is 24.3 Å². The van der Waals surface area contributed by atoms with Crippen LogP contribution in [-0.2, 0) is 16.1 Å². The molecule has 1 aliphatic rings. The van der Waals surface area contributed by atoms with Gasteiger partial charge in [0.05, 0.1) is 23.7 Å². The highest BCUT2D eigenvalue weighted by Crippen LogP contribution is 2.37. The Bertz CT molecular complexity index is 808. The van der Waals surface area contributed by atoms with E-state index in [4.69, 9.17) is 9.90 Å². The van der Waals surface area contributed by atoms with Gasteiger partial charge in [-0.1, -0.05) is 25.5 Å². The number of fused-ring (bicyclic) bond motifs is 1. The van der Waals surface area contributed by atoms with Gasteiger partial charge in [-0.3, -0.25) is 9.59 Å². The van der Waals surface area contributed by atoms with Crippen molar-refractivity contribution >= 4 is 29.4 Å². The van der Waals surface area contributed by atoms with Gasteiger partial charge >= 0.3 is 5.97 Å². The Kier molecular flexibility index (Phi) is 7.36. The van der Waals surface area contributed by atoms with Gasteiger partial charge in [0.25, 0.3) is 6.47 Å². The summed E-state index contributed by atoms with van der Waals surface area (Å²) in [5.41, 5.74) is 0.539. The summed E-state index contributed by atoms with van der Waals surface area (Å²) in [6.07, 6.45) is 0.621. The monoisotopic (exact) mass is 393 g/mol. The summed E-state index contributed by atoms with van der Waals surface area (Å²) in [5.74, 6) is -0.305. The Hall–Kier alpha value is -2.65. The molecule has 4 N–H and O–H groups in total. The Balaban J connectivity index is 0.000000878. The van der Waals surface area contributed by atoms with Crippen LogP contribution in [0.2, 0.25) is 0 Å². The van der Waals surface area contributed by atoms with Crippen LogP contribution in [-0.4, -0.2) is 68.2 Å². The zero-order valence-corrected chi connectivity index (χ0v) is 15.9. The van der Waals surface area contributed by atoms with Crippen molar-refractivity contribution in [2.45, 2.75) is 38.8 Å². The van der Waals surface area contributed by atoms with Crippen molar-refractivity contribution < 1.29 is 30.0 Å². The molecule has 1 aliphatic heterocycles. The van der Waals surface area contributed by atoms with Crippen LogP contribution in [0.15, 0.2) is 24.3 Å². The Morgan fingerprint density at radius 3 is 2.68 bits per heavy atom. The molecule has 2 heterocycles. The number of imidazole rings is 1. The first-order valence-corrected chi connectivity index (χ1v) is 9.25. The number of benzene rings is 1. The minimum Gasteiger partial charge on any atom is -0.483 e. The number of aliphatic hydroxyl groups excluding tert-OH is 2. The largest absolute Gasteiger partial charge is 0.483 e. The maximum Gasteiger partial charge on any atom is 0.314 e. The molecular formula is C19H27N3O6. The summed E-state index contributed by atoms with van der Waals surface area (Å²) in [4.78, 5) is 26.9. The van der Waals surface area contributed by atoms with E-state index in [-0.39, 0.29) is 19.6 Å². The molecular weight excluding hydrogens is 366 g/mol. The number of para-hydroxylation sites is 2. The third kappa shape index (κ3) is 4.10. The first kappa shape index (κ1) is 21.6. The van der Waals surface area contributed by atoms with Crippen molar-refractivity contribution in [1.82, 2.24) is 9.55 Å². The number of aliphatic carboxylic acids is 1. The predicted octanol–water partition coefficient (Wildman–Crippen LogP) is 1.17. The van der Waals surface area contributed by atoms with E-state index in [9.17, 15) is 20.1 Å². The number of piperidine rings is 1. The van der Waals surface area contributed by atoms with Crippen LogP contribution in [0.3, 0.4) is 0 Å². The summed E-state index contributed by atoms with van der Waals surface area (Å²) in [5, 5.41) is 36.6. The number of anilines is 1. The molecule has 0 spiro atoms. The molecule has 1 aromatic carbocycles. The number of aliphatic hydroxyl groups is 2. The number of hydrogen-bond acceptors (Lipinski definition) is 6. The predicted molar refractivity (Wildman–Crippen MR) is 103 cm³/mol. The van der Waals surface area contributed by atoms with Crippen molar-refractivity contribution in [2.75, 3.05) is 24.6 Å². The second kappa shape index (κ2) is 9.52. The SMILES string of the molecule is CCC[C@]1(C(=O)O)CN(c2nc3ccccc3n2CCO)CC[C@@H]1O.O=CO. The number of carboxylic acid groups (broad SMARTS) is 2. The van der Waals surface area contributed by atoms with E-state index in [0.29, 0.717) is 38.3 Å². The lowest BCUT2D eigenvalue weighted by Crippen LogP contribution is -2.56. The molecule has 3 rings (SSSR count). The fourth-order valence-corrected chi connectivity index (χ4v) is 3.88. The van der Waals surface area contributed by atoms with Gasteiger partial charge in [-0.2, -0.15) is 0 Å². The van der Waals surface area contributed by atoms with Gasteiger partial charge in [0, 0.05) is 19.6 Å². The fraction of sp³-hybridized carbons (Fsp3) is 0.526. The van der Waals surface area contributed by atoms with Crippen LogP contribution >= 0.6 is 0 Å². The standard InChI is InChI=1S/C18H25N3O4.CH2O2/c1-2-8-18(16(24)25)12-20(9-7-15(18)23)17-19-13-5-3-4-6-14(13)21(17)10-11-22;2-1-3/h3-6,15,22-23H,2,7-12H2,1H3,(H,24,25);1H,(H,2,3)/t15-,18-;/m0./s1. The quantitative estimate of drug-likeness (QED) is 0.537. The zero-order valence-electron chi connectivity index (χ0n) is 15.9. The molecule has 0 bridgehead atoms. The van der Waals surface area contributed by atoms with Gasteiger partial charge in [-0.15, -0.1) is 0 Å². The third-order valence-corrected chi connectivity index (χ3v) is 5.15. The summed E-state index contributed by atoms with van der Waals surface area (Å²) in [6.45, 7) is 2.80. The molecule has 154 valence electrons. The van der Waals surface area contributed by atoms with Crippen LogP contribution in [0, 0.1) is 5.41 Å². The molecule has 0 saturated carbocycles. The molecule has 28 heavy (non-hydrogen) atoms. The molecule has 0 unspecified atom stereocenters. The van der Waals surface area contributed by atoms with E-state index in [1.54, 1.807) is 0 Å². The fourth-order valence-electron chi connectivity index (χ4n) is 3.88. The minimum atomic E-state index is -1.19. The molecule has 2 atom stereocenters. The molecule has 1 saturated heterocycles. The lowest BCUT2D eigenvalue weighted by atomic mass is 9.74. The number of carbonyl (C=O) groups is 2. The average molecular weight is 393 g/mol. The van der Waals surface area contributed by atoms with Gasteiger partial charge in [0.2, 0.25) is 5.95 Å². The first-order valence-electron chi connectivity index (χ1n) is 9.25. The van der Waals surface area contributed by atoms with Crippen molar-refractivity contribution in [1.29, 1.82) is 0 Å². The molecule has 0 aliphatic carbocycles. The topological polar surface area (TPSA) is 136 Å². The van der Waals surface area contributed by atoms with Crippen molar-refractivity contribution in [3.63, 3.8) is 0 Å². The van der Waals surface area contributed by atoms with Gasteiger partial charge in [-0.25, -0.2) is 4.98 Å². The zero-order chi connectivity index (χ0) is 20.7. The number of aromatic nitrogens is 2. The highest BCUT2D eigenvalue weighted by molar-refractivity contribution is 5.80. The second-order valence-electron chi connectivity index (χ2n) is 6.82. The van der Waals surface area contributed by atoms with E-state index < -0.39 is 17.5 Å². The molecule has 2 aromatic rings. The van der Waals surface area contributed by atoms with E-state index >= 15 is 0 Å². The molecule has 0 amide bonds. The summed E-state index contributed by atoms with van der Waals surface area (Å²) >= 11 is 0. The van der Waals surface area contributed by atoms with Crippen LogP contribution in [0.4, 0.5) is 5.95 Å². The normalized spacial score (nSPS) is 21.8. The van der Waals surface area contributed by atoms with Crippen molar-refractivity contribution in [3.8, 4) is 0 Å². The molecule has 0 radical (unpaired) electrons. The van der Waals surface area contributed by atoms with E-state index in [1.807, 2.05) is 40.7 Å². The average Bonchev–Trinajstić information content (AvgIpc) is 3.03. The maximum atomic E-state index is 12.0. The molecule has 9 heteroatoms. The van der Waals surface area contributed by atoms with E-state index in [1.165, 1.54) is 0 Å². The van der Waals surface area contributed by atoms with Gasteiger partial charge in [-0.05, 0) is 25.0 Å². The number of rotatable bonds is 6. The van der Waals surface area contributed by atoms with Crippen LogP contribution in [0.5, 0.6) is 0 Å². The molecule has 1 aromatic heterocycles. The summed E-state index contributed by atoms with van der Waals surface area (Å²) < 4.78 is 1.92. The van der Waals surface area contributed by atoms with Gasteiger partial charge in [0.15, 0.2) is 0 Å². The van der Waals surface area contributed by atoms with Crippen LogP contribution in [0.25, 0.3) is 11.0 Å².